The second kappa shape index (κ2) is 4.72. The number of rotatable bonds is 1. The minimum absolute atomic E-state index is 0.0337. The number of carbonyl (C=O) groups is 1. The number of carbonyl (C=O) groups excluding carboxylic acids is 1. The summed E-state index contributed by atoms with van der Waals surface area (Å²) >= 11 is 3.28. The largest absolute Gasteiger partial charge is 0.460 e. The van der Waals surface area contributed by atoms with Crippen LogP contribution in [0.5, 0.6) is 0 Å². The number of halogens is 1. The number of alkyl halides is 1. The highest BCUT2D eigenvalue weighted by Gasteiger charge is 2.15. The van der Waals surface area contributed by atoms with E-state index in [1.54, 1.807) is 0 Å². The Labute approximate surface area is 74.2 Å². The average Bonchev–Trinajstić information content (AvgIpc) is 1.96. The van der Waals surface area contributed by atoms with E-state index in [4.69, 9.17) is 9.47 Å². The predicted molar refractivity (Wildman–Crippen MR) is 43.7 cm³/mol. The molecule has 0 spiro atoms. The van der Waals surface area contributed by atoms with Gasteiger partial charge in [-0.1, -0.05) is 15.9 Å². The SMILES string of the molecule is O=C1COCCC[C@H](CBr)O1. The van der Waals surface area contributed by atoms with Gasteiger partial charge in [-0.2, -0.15) is 0 Å². The lowest BCUT2D eigenvalue weighted by molar-refractivity contribution is -0.156. The first kappa shape index (κ1) is 9.00. The maximum atomic E-state index is 10.8. The molecule has 1 saturated heterocycles. The third kappa shape index (κ3) is 3.20. The van der Waals surface area contributed by atoms with Crippen LogP contribution < -0.4 is 0 Å². The molecule has 0 saturated carbocycles. The summed E-state index contributed by atoms with van der Waals surface area (Å²) < 4.78 is 10.0. The molecule has 1 rings (SSSR count). The Balaban J connectivity index is 2.35. The number of esters is 1. The van der Waals surface area contributed by atoms with Crippen LogP contribution >= 0.6 is 15.9 Å². The minimum atomic E-state index is -0.255. The Kier molecular flexibility index (Phi) is 3.86. The summed E-state index contributed by atoms with van der Waals surface area (Å²) in [4.78, 5) is 10.8. The van der Waals surface area contributed by atoms with Gasteiger partial charge in [0.25, 0.3) is 0 Å². The molecule has 0 N–H and O–H groups in total. The Bertz CT molecular complexity index is 138. The number of ether oxygens (including phenoxy) is 2. The summed E-state index contributed by atoms with van der Waals surface area (Å²) in [6.07, 6.45) is 1.88. The van der Waals surface area contributed by atoms with E-state index in [2.05, 4.69) is 15.9 Å². The molecule has 1 atom stereocenters. The summed E-state index contributed by atoms with van der Waals surface area (Å²) in [6.45, 7) is 0.766. The highest BCUT2D eigenvalue weighted by Crippen LogP contribution is 2.09. The maximum absolute atomic E-state index is 10.8. The molecule has 0 bridgehead atoms. The smallest absolute Gasteiger partial charge is 0.332 e. The van der Waals surface area contributed by atoms with Gasteiger partial charge < -0.3 is 9.47 Å². The predicted octanol–water partition coefficient (Wildman–Crippen LogP) is 1.10. The standard InChI is InChI=1S/C7H11BrO3/c8-4-6-2-1-3-10-5-7(9)11-6/h6H,1-5H2/t6-/m1/s1. The van der Waals surface area contributed by atoms with Crippen LogP contribution in [0, 0.1) is 0 Å². The molecular formula is C7H11BrO3. The number of cyclic esters (lactones) is 1. The first-order valence-electron chi connectivity index (χ1n) is 3.66. The molecule has 0 aromatic carbocycles. The molecule has 0 aromatic rings. The summed E-state index contributed by atoms with van der Waals surface area (Å²) in [5.74, 6) is -0.255. The number of hydrogen-bond acceptors (Lipinski definition) is 3. The first-order valence-corrected chi connectivity index (χ1v) is 4.78. The van der Waals surface area contributed by atoms with Gasteiger partial charge in [-0.15, -0.1) is 0 Å². The Morgan fingerprint density at radius 3 is 3.18 bits per heavy atom. The van der Waals surface area contributed by atoms with Gasteiger partial charge in [-0.25, -0.2) is 4.79 Å². The fourth-order valence-electron chi connectivity index (χ4n) is 0.956. The van der Waals surface area contributed by atoms with Crippen molar-refractivity contribution in [3.8, 4) is 0 Å². The van der Waals surface area contributed by atoms with Gasteiger partial charge in [-0.3, -0.25) is 0 Å². The molecule has 1 aliphatic rings. The van der Waals surface area contributed by atoms with Crippen molar-refractivity contribution >= 4 is 21.9 Å². The quantitative estimate of drug-likeness (QED) is 0.493. The lowest BCUT2D eigenvalue weighted by Crippen LogP contribution is -2.26. The van der Waals surface area contributed by atoms with Crippen molar-refractivity contribution in [2.45, 2.75) is 18.9 Å². The van der Waals surface area contributed by atoms with Crippen LogP contribution in [0.3, 0.4) is 0 Å². The molecule has 0 unspecified atom stereocenters. The maximum Gasteiger partial charge on any atom is 0.332 e. The van der Waals surface area contributed by atoms with Crippen molar-refractivity contribution in [3.63, 3.8) is 0 Å². The highest BCUT2D eigenvalue weighted by molar-refractivity contribution is 9.09. The Morgan fingerprint density at radius 2 is 2.45 bits per heavy atom. The zero-order valence-corrected chi connectivity index (χ0v) is 7.80. The minimum Gasteiger partial charge on any atom is -0.460 e. The van der Waals surface area contributed by atoms with Crippen LogP contribution in [0.4, 0.5) is 0 Å². The molecule has 11 heavy (non-hydrogen) atoms. The summed E-state index contributed by atoms with van der Waals surface area (Å²) in [6, 6.07) is 0. The monoisotopic (exact) mass is 222 g/mol. The molecule has 0 radical (unpaired) electrons. The van der Waals surface area contributed by atoms with E-state index in [-0.39, 0.29) is 18.7 Å². The zero-order chi connectivity index (χ0) is 8.10. The first-order chi connectivity index (χ1) is 5.33. The summed E-state index contributed by atoms with van der Waals surface area (Å²) in [5, 5.41) is 0.721. The lowest BCUT2D eigenvalue weighted by atomic mass is 10.2. The van der Waals surface area contributed by atoms with Crippen molar-refractivity contribution in [3.05, 3.63) is 0 Å². The number of hydrogen-bond donors (Lipinski definition) is 0. The molecular weight excluding hydrogens is 212 g/mol. The molecule has 4 heteroatoms. The second-order valence-electron chi connectivity index (χ2n) is 2.46. The zero-order valence-electron chi connectivity index (χ0n) is 6.22. The fraction of sp³-hybridized carbons (Fsp3) is 0.857. The fourth-order valence-corrected chi connectivity index (χ4v) is 1.41. The van der Waals surface area contributed by atoms with Crippen LogP contribution in [0.2, 0.25) is 0 Å². The molecule has 3 nitrogen and oxygen atoms in total. The van der Waals surface area contributed by atoms with Crippen LogP contribution in [0.25, 0.3) is 0 Å². The van der Waals surface area contributed by atoms with Crippen molar-refractivity contribution < 1.29 is 14.3 Å². The molecule has 0 aliphatic carbocycles. The van der Waals surface area contributed by atoms with Gasteiger partial charge in [0.15, 0.2) is 0 Å². The van der Waals surface area contributed by atoms with E-state index in [0.29, 0.717) is 6.61 Å². The van der Waals surface area contributed by atoms with Crippen molar-refractivity contribution in [1.82, 2.24) is 0 Å². The molecule has 1 aliphatic heterocycles. The molecule has 64 valence electrons. The van der Waals surface area contributed by atoms with E-state index >= 15 is 0 Å². The van der Waals surface area contributed by atoms with Crippen molar-refractivity contribution in [2.75, 3.05) is 18.5 Å². The third-order valence-corrected chi connectivity index (χ3v) is 2.23. The van der Waals surface area contributed by atoms with E-state index in [1.807, 2.05) is 0 Å². The van der Waals surface area contributed by atoms with Gasteiger partial charge in [-0.05, 0) is 12.8 Å². The van der Waals surface area contributed by atoms with Gasteiger partial charge in [0, 0.05) is 11.9 Å². The Morgan fingerprint density at radius 1 is 1.64 bits per heavy atom. The van der Waals surface area contributed by atoms with Crippen LogP contribution in [-0.4, -0.2) is 30.6 Å². The molecule has 0 amide bonds. The van der Waals surface area contributed by atoms with Crippen LogP contribution in [0.1, 0.15) is 12.8 Å². The second-order valence-corrected chi connectivity index (χ2v) is 3.11. The Hall–Kier alpha value is -0.0900. The van der Waals surface area contributed by atoms with E-state index in [1.165, 1.54) is 0 Å². The van der Waals surface area contributed by atoms with Crippen LogP contribution in [-0.2, 0) is 14.3 Å². The summed E-state index contributed by atoms with van der Waals surface area (Å²) in [5.41, 5.74) is 0. The average molecular weight is 223 g/mol. The van der Waals surface area contributed by atoms with Crippen molar-refractivity contribution in [2.24, 2.45) is 0 Å². The van der Waals surface area contributed by atoms with E-state index in [0.717, 1.165) is 18.2 Å². The third-order valence-electron chi connectivity index (χ3n) is 1.50. The molecule has 1 heterocycles. The summed E-state index contributed by atoms with van der Waals surface area (Å²) in [7, 11) is 0. The van der Waals surface area contributed by atoms with Gasteiger partial charge in [0.1, 0.15) is 12.7 Å². The van der Waals surface area contributed by atoms with E-state index in [9.17, 15) is 4.79 Å². The molecule has 0 aromatic heterocycles. The van der Waals surface area contributed by atoms with Gasteiger partial charge in [0.05, 0.1) is 0 Å². The van der Waals surface area contributed by atoms with Crippen molar-refractivity contribution in [1.29, 1.82) is 0 Å². The van der Waals surface area contributed by atoms with Gasteiger partial charge in [0.2, 0.25) is 0 Å². The highest BCUT2D eigenvalue weighted by atomic mass is 79.9. The van der Waals surface area contributed by atoms with Gasteiger partial charge >= 0.3 is 5.97 Å². The molecule has 1 fully saturated rings. The normalized spacial score (nSPS) is 27.0. The lowest BCUT2D eigenvalue weighted by Gasteiger charge is -2.18. The van der Waals surface area contributed by atoms with E-state index < -0.39 is 0 Å². The topological polar surface area (TPSA) is 35.5 Å². The van der Waals surface area contributed by atoms with Crippen LogP contribution in [0.15, 0.2) is 0 Å².